The molecule has 0 bridgehead atoms. The quantitative estimate of drug-likeness (QED) is 0.827. The molecule has 0 spiro atoms. The zero-order valence-electron chi connectivity index (χ0n) is 14.2. The average Bonchev–Trinajstić information content (AvgIpc) is 2.48. The van der Waals surface area contributed by atoms with Gasteiger partial charge in [0.15, 0.2) is 0 Å². The molecule has 1 aromatic rings. The van der Waals surface area contributed by atoms with Gasteiger partial charge in [0.25, 0.3) is 0 Å². The summed E-state index contributed by atoms with van der Waals surface area (Å²) in [7, 11) is 1.80. The van der Waals surface area contributed by atoms with Crippen LogP contribution >= 0.6 is 0 Å². The van der Waals surface area contributed by atoms with Gasteiger partial charge in [0.05, 0.1) is 5.60 Å². The molecule has 0 amide bonds. The molecular formula is C18H30N2O. The van der Waals surface area contributed by atoms with Crippen LogP contribution in [0, 0.1) is 0 Å². The molecule has 0 radical (unpaired) electrons. The summed E-state index contributed by atoms with van der Waals surface area (Å²) < 4.78 is 5.53. The molecule has 0 aromatic heterocycles. The average molecular weight is 290 g/mol. The van der Waals surface area contributed by atoms with Gasteiger partial charge in [-0.25, -0.2) is 0 Å². The van der Waals surface area contributed by atoms with Crippen molar-refractivity contribution in [2.75, 3.05) is 44.7 Å². The summed E-state index contributed by atoms with van der Waals surface area (Å²) in [4.78, 5) is 4.99. The molecule has 1 aromatic carbocycles. The minimum Gasteiger partial charge on any atom is -0.377 e. The topological polar surface area (TPSA) is 15.7 Å². The molecule has 1 aliphatic heterocycles. The first-order chi connectivity index (χ1) is 9.91. The Hall–Kier alpha value is -1.06. The number of rotatable bonds is 5. The molecule has 0 atom stereocenters. The van der Waals surface area contributed by atoms with Crippen molar-refractivity contribution in [1.82, 2.24) is 4.90 Å². The fourth-order valence-electron chi connectivity index (χ4n) is 2.84. The molecule has 0 unspecified atom stereocenters. The van der Waals surface area contributed by atoms with Crippen molar-refractivity contribution in [1.29, 1.82) is 0 Å². The second-order valence-electron chi connectivity index (χ2n) is 6.97. The van der Waals surface area contributed by atoms with Crippen LogP contribution in [0.2, 0.25) is 0 Å². The van der Waals surface area contributed by atoms with Crippen LogP contribution in [0.15, 0.2) is 24.3 Å². The van der Waals surface area contributed by atoms with Gasteiger partial charge in [-0.15, -0.1) is 0 Å². The number of anilines is 1. The monoisotopic (exact) mass is 290 g/mol. The molecule has 0 N–H and O–H groups in total. The fraction of sp³-hybridized carbons (Fsp3) is 0.667. The van der Waals surface area contributed by atoms with Gasteiger partial charge in [0.2, 0.25) is 0 Å². The summed E-state index contributed by atoms with van der Waals surface area (Å²) in [6.07, 6.45) is 0. The highest BCUT2D eigenvalue weighted by molar-refractivity contribution is 5.48. The first-order valence-corrected chi connectivity index (χ1v) is 8.04. The van der Waals surface area contributed by atoms with E-state index in [4.69, 9.17) is 4.74 Å². The largest absolute Gasteiger partial charge is 0.377 e. The van der Waals surface area contributed by atoms with Crippen LogP contribution < -0.4 is 4.90 Å². The molecule has 3 nitrogen and oxygen atoms in total. The van der Waals surface area contributed by atoms with E-state index in [0.717, 1.165) is 32.7 Å². The van der Waals surface area contributed by atoms with E-state index in [0.29, 0.717) is 5.92 Å². The van der Waals surface area contributed by atoms with Crippen molar-refractivity contribution in [3.63, 3.8) is 0 Å². The van der Waals surface area contributed by atoms with Crippen LogP contribution in [0.5, 0.6) is 0 Å². The zero-order chi connectivity index (χ0) is 15.5. The first-order valence-electron chi connectivity index (χ1n) is 8.04. The van der Waals surface area contributed by atoms with Crippen molar-refractivity contribution in [3.8, 4) is 0 Å². The summed E-state index contributed by atoms with van der Waals surface area (Å²) in [6.45, 7) is 14.2. The van der Waals surface area contributed by atoms with Gasteiger partial charge in [-0.3, -0.25) is 4.90 Å². The molecule has 1 heterocycles. The standard InChI is InChI=1S/C18H30N2O/c1-15(2)16-6-8-17(9-7-16)20-12-10-19(11-13-20)14-18(3,4)21-5/h6-9,15H,10-14H2,1-5H3. The van der Waals surface area contributed by atoms with Gasteiger partial charge in [-0.1, -0.05) is 26.0 Å². The molecule has 1 saturated heterocycles. The van der Waals surface area contributed by atoms with E-state index in [1.165, 1.54) is 11.3 Å². The first kappa shape index (κ1) is 16.3. The van der Waals surface area contributed by atoms with E-state index in [9.17, 15) is 0 Å². The molecular weight excluding hydrogens is 260 g/mol. The summed E-state index contributed by atoms with van der Waals surface area (Å²) in [5.74, 6) is 0.604. The number of hydrogen-bond acceptors (Lipinski definition) is 3. The summed E-state index contributed by atoms with van der Waals surface area (Å²) in [5, 5.41) is 0. The lowest BCUT2D eigenvalue weighted by Gasteiger charge is -2.39. The van der Waals surface area contributed by atoms with E-state index in [2.05, 4.69) is 61.8 Å². The van der Waals surface area contributed by atoms with Gasteiger partial charge in [0.1, 0.15) is 0 Å². The third-order valence-electron chi connectivity index (χ3n) is 4.45. The maximum atomic E-state index is 5.53. The van der Waals surface area contributed by atoms with Gasteiger partial charge in [-0.05, 0) is 37.5 Å². The normalized spacial score (nSPS) is 17.5. The van der Waals surface area contributed by atoms with Gasteiger partial charge < -0.3 is 9.64 Å². The molecule has 1 aliphatic rings. The summed E-state index contributed by atoms with van der Waals surface area (Å²) in [6, 6.07) is 9.06. The van der Waals surface area contributed by atoms with Crippen molar-refractivity contribution in [2.45, 2.75) is 39.2 Å². The minimum atomic E-state index is -0.0545. The molecule has 3 heteroatoms. The van der Waals surface area contributed by atoms with E-state index < -0.39 is 0 Å². The number of hydrogen-bond donors (Lipinski definition) is 0. The fourth-order valence-corrected chi connectivity index (χ4v) is 2.84. The van der Waals surface area contributed by atoms with Gasteiger partial charge >= 0.3 is 0 Å². The third kappa shape index (κ3) is 4.45. The molecule has 118 valence electrons. The van der Waals surface area contributed by atoms with Crippen molar-refractivity contribution in [2.24, 2.45) is 0 Å². The Labute approximate surface area is 129 Å². The Kier molecular flexibility index (Phi) is 5.28. The number of benzene rings is 1. The Morgan fingerprint density at radius 3 is 2.10 bits per heavy atom. The lowest BCUT2D eigenvalue weighted by Crippen LogP contribution is -2.51. The van der Waals surface area contributed by atoms with Gasteiger partial charge in [0, 0.05) is 45.5 Å². The molecule has 0 aliphatic carbocycles. The summed E-state index contributed by atoms with van der Waals surface area (Å²) >= 11 is 0. The lowest BCUT2D eigenvalue weighted by atomic mass is 10.0. The second kappa shape index (κ2) is 6.80. The number of ether oxygens (including phenoxy) is 1. The molecule has 21 heavy (non-hydrogen) atoms. The maximum Gasteiger partial charge on any atom is 0.0749 e. The Balaban J connectivity index is 1.89. The summed E-state index contributed by atoms with van der Waals surface area (Å²) in [5.41, 5.74) is 2.71. The number of methoxy groups -OCH3 is 1. The number of nitrogens with zero attached hydrogens (tertiary/aromatic N) is 2. The van der Waals surface area contributed by atoms with Crippen LogP contribution in [0.25, 0.3) is 0 Å². The SMILES string of the molecule is COC(C)(C)CN1CCN(c2ccc(C(C)C)cc2)CC1. The highest BCUT2D eigenvalue weighted by Crippen LogP contribution is 2.21. The van der Waals surface area contributed by atoms with Crippen LogP contribution in [0.1, 0.15) is 39.2 Å². The molecule has 0 saturated carbocycles. The maximum absolute atomic E-state index is 5.53. The van der Waals surface area contributed by atoms with E-state index in [1.54, 1.807) is 7.11 Å². The predicted molar refractivity (Wildman–Crippen MR) is 90.3 cm³/mol. The predicted octanol–water partition coefficient (Wildman–Crippen LogP) is 3.36. The number of piperazine rings is 1. The zero-order valence-corrected chi connectivity index (χ0v) is 14.2. The van der Waals surface area contributed by atoms with Crippen LogP contribution in [-0.2, 0) is 4.74 Å². The lowest BCUT2D eigenvalue weighted by molar-refractivity contribution is -0.00853. The van der Waals surface area contributed by atoms with Crippen LogP contribution in [-0.4, -0.2) is 50.3 Å². The van der Waals surface area contributed by atoms with E-state index in [1.807, 2.05) is 0 Å². The van der Waals surface area contributed by atoms with Crippen molar-refractivity contribution >= 4 is 5.69 Å². The highest BCUT2D eigenvalue weighted by atomic mass is 16.5. The van der Waals surface area contributed by atoms with E-state index in [-0.39, 0.29) is 5.60 Å². The highest BCUT2D eigenvalue weighted by Gasteiger charge is 2.24. The van der Waals surface area contributed by atoms with Crippen molar-refractivity contribution < 1.29 is 4.74 Å². The Bertz CT molecular complexity index is 431. The van der Waals surface area contributed by atoms with Crippen LogP contribution in [0.3, 0.4) is 0 Å². The molecule has 1 fully saturated rings. The smallest absolute Gasteiger partial charge is 0.0749 e. The third-order valence-corrected chi connectivity index (χ3v) is 4.45. The van der Waals surface area contributed by atoms with E-state index >= 15 is 0 Å². The second-order valence-corrected chi connectivity index (χ2v) is 6.97. The van der Waals surface area contributed by atoms with Gasteiger partial charge in [-0.2, -0.15) is 0 Å². The minimum absolute atomic E-state index is 0.0545. The Morgan fingerprint density at radius 2 is 1.62 bits per heavy atom. The Morgan fingerprint density at radius 1 is 1.05 bits per heavy atom. The van der Waals surface area contributed by atoms with Crippen LogP contribution in [0.4, 0.5) is 5.69 Å². The van der Waals surface area contributed by atoms with Crippen molar-refractivity contribution in [3.05, 3.63) is 29.8 Å². The molecule has 2 rings (SSSR count).